The molecule has 0 bridgehead atoms. The quantitative estimate of drug-likeness (QED) is 0.733. The van der Waals surface area contributed by atoms with Gasteiger partial charge in [-0.25, -0.2) is 0 Å². The second kappa shape index (κ2) is 8.06. The van der Waals surface area contributed by atoms with Crippen LogP contribution in [0.15, 0.2) is 35.1 Å². The van der Waals surface area contributed by atoms with Crippen molar-refractivity contribution in [3.05, 3.63) is 51.8 Å². The average Bonchev–Trinajstić information content (AvgIpc) is 2.72. The fourth-order valence-electron chi connectivity index (χ4n) is 4.04. The highest BCUT2D eigenvalue weighted by atomic mass is 16.2. The third kappa shape index (κ3) is 4.01. The van der Waals surface area contributed by atoms with Gasteiger partial charge in [0.2, 0.25) is 17.8 Å². The molecule has 3 heterocycles. The Morgan fingerprint density at radius 3 is 2.79 bits per heavy atom. The molecule has 0 unspecified atom stereocenters. The lowest BCUT2D eigenvalue weighted by atomic mass is 9.92. The highest BCUT2D eigenvalue weighted by Gasteiger charge is 2.35. The molecule has 3 N–H and O–H groups in total. The van der Waals surface area contributed by atoms with Gasteiger partial charge in [-0.05, 0) is 31.7 Å². The van der Waals surface area contributed by atoms with Crippen molar-refractivity contribution in [2.45, 2.75) is 51.1 Å². The van der Waals surface area contributed by atoms with Gasteiger partial charge in [0, 0.05) is 25.6 Å². The number of amides is 2. The molecule has 1 aromatic carbocycles. The first-order chi connectivity index (χ1) is 14.0. The van der Waals surface area contributed by atoms with Crippen molar-refractivity contribution in [2.24, 2.45) is 0 Å². The Labute approximate surface area is 168 Å². The highest BCUT2D eigenvalue weighted by molar-refractivity contribution is 6.00. The number of aromatic amines is 1. The van der Waals surface area contributed by atoms with Gasteiger partial charge in [-0.1, -0.05) is 30.3 Å². The third-order valence-corrected chi connectivity index (χ3v) is 5.64. The Balaban J connectivity index is 1.60. The summed E-state index contributed by atoms with van der Waals surface area (Å²) in [4.78, 5) is 47.3. The van der Waals surface area contributed by atoms with Crippen molar-refractivity contribution in [3.63, 3.8) is 0 Å². The van der Waals surface area contributed by atoms with Crippen molar-refractivity contribution in [1.29, 1.82) is 0 Å². The maximum atomic E-state index is 12.9. The summed E-state index contributed by atoms with van der Waals surface area (Å²) in [5.74, 6) is -0.875. The minimum absolute atomic E-state index is 0.0716. The van der Waals surface area contributed by atoms with Crippen LogP contribution in [0, 0.1) is 0 Å². The van der Waals surface area contributed by atoms with Crippen LogP contribution in [0.5, 0.6) is 0 Å². The van der Waals surface area contributed by atoms with E-state index in [-0.39, 0.29) is 41.2 Å². The van der Waals surface area contributed by atoms with Crippen LogP contribution >= 0.6 is 0 Å². The number of H-pyrrole nitrogens is 1. The van der Waals surface area contributed by atoms with E-state index in [4.69, 9.17) is 0 Å². The van der Waals surface area contributed by atoms with E-state index in [1.807, 2.05) is 30.3 Å². The predicted molar refractivity (Wildman–Crippen MR) is 110 cm³/mol. The number of hydrogen-bond donors (Lipinski definition) is 3. The smallest absolute Gasteiger partial charge is 0.258 e. The summed E-state index contributed by atoms with van der Waals surface area (Å²) >= 11 is 0. The molecule has 2 aliphatic heterocycles. The van der Waals surface area contributed by atoms with E-state index in [0.29, 0.717) is 12.5 Å². The molecule has 1 fully saturated rings. The van der Waals surface area contributed by atoms with E-state index < -0.39 is 5.92 Å². The number of aromatic nitrogens is 2. The molecule has 1 saturated heterocycles. The van der Waals surface area contributed by atoms with Crippen molar-refractivity contribution in [1.82, 2.24) is 15.3 Å². The summed E-state index contributed by atoms with van der Waals surface area (Å²) in [6, 6.07) is 9.75. The standard InChI is InChI=1S/C21H25N5O3/c1-13-7-5-6-10-26(13)21-24-18-17(20(29)25-21)15(11-16(27)23-18)19(28)22-12-14-8-3-2-4-9-14/h2-4,8-9,13,15H,5-7,10-12H2,1H3,(H,22,28)(H2,23,24,25,27,29)/t13-,15-/m1/s1. The van der Waals surface area contributed by atoms with Gasteiger partial charge in [-0.15, -0.1) is 0 Å². The fraction of sp³-hybridized carbons (Fsp3) is 0.429. The summed E-state index contributed by atoms with van der Waals surface area (Å²) in [7, 11) is 0. The van der Waals surface area contributed by atoms with Crippen LogP contribution in [-0.2, 0) is 16.1 Å². The monoisotopic (exact) mass is 395 g/mol. The molecule has 29 heavy (non-hydrogen) atoms. The molecular formula is C21H25N5O3. The molecule has 8 nitrogen and oxygen atoms in total. The maximum Gasteiger partial charge on any atom is 0.258 e. The van der Waals surface area contributed by atoms with Crippen molar-refractivity contribution in [3.8, 4) is 0 Å². The number of anilines is 2. The second-order valence-corrected chi connectivity index (χ2v) is 7.70. The van der Waals surface area contributed by atoms with Crippen LogP contribution in [0.25, 0.3) is 0 Å². The molecular weight excluding hydrogens is 370 g/mol. The zero-order valence-corrected chi connectivity index (χ0v) is 16.4. The summed E-state index contributed by atoms with van der Waals surface area (Å²) < 4.78 is 0. The van der Waals surface area contributed by atoms with Crippen LogP contribution < -0.4 is 21.1 Å². The van der Waals surface area contributed by atoms with Gasteiger partial charge >= 0.3 is 0 Å². The fourth-order valence-corrected chi connectivity index (χ4v) is 4.04. The highest BCUT2D eigenvalue weighted by Crippen LogP contribution is 2.30. The van der Waals surface area contributed by atoms with Crippen LogP contribution in [0.4, 0.5) is 11.8 Å². The van der Waals surface area contributed by atoms with Gasteiger partial charge < -0.3 is 15.5 Å². The Kier molecular flexibility index (Phi) is 5.33. The van der Waals surface area contributed by atoms with E-state index >= 15 is 0 Å². The first kappa shape index (κ1) is 19.2. The Morgan fingerprint density at radius 1 is 1.24 bits per heavy atom. The SMILES string of the molecule is C[C@@H]1CCCCN1c1nc2c(c(=O)[nH]1)[C@H](C(=O)NCc1ccccc1)CC(=O)N2. The normalized spacial score (nSPS) is 21.3. The molecule has 8 heteroatoms. The molecule has 0 saturated carbocycles. The minimum atomic E-state index is -0.855. The zero-order chi connectivity index (χ0) is 20.4. The van der Waals surface area contributed by atoms with Gasteiger partial charge in [-0.2, -0.15) is 4.98 Å². The molecule has 2 atom stereocenters. The van der Waals surface area contributed by atoms with E-state index in [9.17, 15) is 14.4 Å². The molecule has 152 valence electrons. The maximum absolute atomic E-state index is 12.9. The number of nitrogens with one attached hydrogen (secondary N) is 3. The molecule has 2 aromatic rings. The summed E-state index contributed by atoms with van der Waals surface area (Å²) in [5, 5.41) is 5.51. The van der Waals surface area contributed by atoms with Crippen LogP contribution in [0.3, 0.4) is 0 Å². The number of benzene rings is 1. The second-order valence-electron chi connectivity index (χ2n) is 7.70. The van der Waals surface area contributed by atoms with Gasteiger partial charge in [0.05, 0.1) is 11.5 Å². The van der Waals surface area contributed by atoms with Crippen LogP contribution in [0.2, 0.25) is 0 Å². The first-order valence-corrected chi connectivity index (χ1v) is 10.1. The van der Waals surface area contributed by atoms with Gasteiger partial charge in [0.1, 0.15) is 5.82 Å². The van der Waals surface area contributed by atoms with Crippen LogP contribution in [-0.4, -0.2) is 34.4 Å². The Morgan fingerprint density at radius 2 is 2.03 bits per heavy atom. The van der Waals surface area contributed by atoms with Crippen molar-refractivity contribution < 1.29 is 9.59 Å². The lowest BCUT2D eigenvalue weighted by Crippen LogP contribution is -2.42. The molecule has 0 aliphatic carbocycles. The average molecular weight is 395 g/mol. The number of fused-ring (bicyclic) bond motifs is 1. The third-order valence-electron chi connectivity index (χ3n) is 5.64. The Bertz CT molecular complexity index is 972. The number of carbonyl (C=O) groups is 2. The number of piperidine rings is 1. The van der Waals surface area contributed by atoms with E-state index in [0.717, 1.165) is 31.4 Å². The van der Waals surface area contributed by atoms with E-state index in [2.05, 4.69) is 32.4 Å². The molecule has 0 spiro atoms. The zero-order valence-electron chi connectivity index (χ0n) is 16.4. The Hall–Kier alpha value is -3.16. The number of rotatable bonds is 4. The number of carbonyl (C=O) groups excluding carboxylic acids is 2. The molecule has 1 aromatic heterocycles. The molecule has 4 rings (SSSR count). The van der Waals surface area contributed by atoms with Gasteiger partial charge in [0.25, 0.3) is 5.56 Å². The predicted octanol–water partition coefficient (Wildman–Crippen LogP) is 1.89. The largest absolute Gasteiger partial charge is 0.351 e. The van der Waals surface area contributed by atoms with Gasteiger partial charge in [0.15, 0.2) is 0 Å². The first-order valence-electron chi connectivity index (χ1n) is 10.1. The van der Waals surface area contributed by atoms with Gasteiger partial charge in [-0.3, -0.25) is 19.4 Å². The summed E-state index contributed by atoms with van der Waals surface area (Å²) in [5.41, 5.74) is 0.800. The van der Waals surface area contributed by atoms with Crippen molar-refractivity contribution in [2.75, 3.05) is 16.8 Å². The number of nitrogens with zero attached hydrogens (tertiary/aromatic N) is 2. The summed E-state index contributed by atoms with van der Waals surface area (Å²) in [6.07, 6.45) is 3.13. The van der Waals surface area contributed by atoms with E-state index in [1.54, 1.807) is 0 Å². The molecule has 2 aliphatic rings. The molecule has 2 amide bonds. The van der Waals surface area contributed by atoms with Crippen LogP contribution in [0.1, 0.15) is 49.7 Å². The summed E-state index contributed by atoms with van der Waals surface area (Å²) in [6.45, 7) is 3.23. The topological polar surface area (TPSA) is 107 Å². The number of hydrogen-bond acceptors (Lipinski definition) is 5. The molecule has 0 radical (unpaired) electrons. The lowest BCUT2D eigenvalue weighted by molar-refractivity contribution is -0.126. The lowest BCUT2D eigenvalue weighted by Gasteiger charge is -2.34. The van der Waals surface area contributed by atoms with E-state index in [1.165, 1.54) is 0 Å². The van der Waals surface area contributed by atoms with Crippen molar-refractivity contribution >= 4 is 23.6 Å². The minimum Gasteiger partial charge on any atom is -0.351 e.